The van der Waals surface area contributed by atoms with Gasteiger partial charge in [0.15, 0.2) is 0 Å². The zero-order chi connectivity index (χ0) is 12.7. The van der Waals surface area contributed by atoms with Crippen LogP contribution in [0.15, 0.2) is 24.3 Å². The lowest BCUT2D eigenvalue weighted by Gasteiger charge is -2.22. The summed E-state index contributed by atoms with van der Waals surface area (Å²) in [4.78, 5) is 0. The molecule has 0 aromatic heterocycles. The van der Waals surface area contributed by atoms with Crippen molar-refractivity contribution >= 4 is 0 Å². The molecule has 2 atom stereocenters. The third kappa shape index (κ3) is 4.42. The normalized spacial score (nSPS) is 14.6. The molecule has 0 bridgehead atoms. The van der Waals surface area contributed by atoms with Crippen LogP contribution < -0.4 is 5.73 Å². The molecule has 0 aliphatic heterocycles. The second kappa shape index (κ2) is 7.37. The molecule has 0 spiro atoms. The molecule has 1 rings (SSSR count). The van der Waals surface area contributed by atoms with Gasteiger partial charge in [-0.3, -0.25) is 0 Å². The third-order valence-electron chi connectivity index (χ3n) is 2.69. The number of halogens is 1. The Hall–Kier alpha value is -0.970. The molecule has 3 N–H and O–H groups in total. The number of ether oxygens (including phenoxy) is 1. The molecule has 1 aromatic carbocycles. The molecule has 3 nitrogen and oxygen atoms in total. The van der Waals surface area contributed by atoms with Gasteiger partial charge in [-0.2, -0.15) is 0 Å². The van der Waals surface area contributed by atoms with E-state index in [2.05, 4.69) is 0 Å². The van der Waals surface area contributed by atoms with Crippen LogP contribution in [0.25, 0.3) is 0 Å². The molecule has 0 aliphatic rings. The average molecular weight is 241 g/mol. The van der Waals surface area contributed by atoms with Crippen LogP contribution >= 0.6 is 0 Å². The van der Waals surface area contributed by atoms with E-state index < -0.39 is 6.10 Å². The Balaban J connectivity index is 2.50. The summed E-state index contributed by atoms with van der Waals surface area (Å²) in [5.41, 5.74) is 6.34. The molecule has 2 unspecified atom stereocenters. The second-order valence-electron chi connectivity index (χ2n) is 4.08. The predicted molar refractivity (Wildman–Crippen MR) is 64.9 cm³/mol. The van der Waals surface area contributed by atoms with Gasteiger partial charge in [0, 0.05) is 11.6 Å². The molecule has 96 valence electrons. The van der Waals surface area contributed by atoms with Gasteiger partial charge in [0.2, 0.25) is 0 Å². The van der Waals surface area contributed by atoms with Crippen molar-refractivity contribution in [2.75, 3.05) is 6.61 Å². The average Bonchev–Trinajstić information content (AvgIpc) is 2.32. The standard InChI is InChI=1S/C13H20FNO2/c1-2-5-12(15)13(8-16)17-9-10-6-3-4-7-11(10)14/h3-4,6-7,12-13,16H,2,5,8-9,15H2,1H3. The summed E-state index contributed by atoms with van der Waals surface area (Å²) in [6.07, 6.45) is 1.28. The Morgan fingerprint density at radius 1 is 1.41 bits per heavy atom. The summed E-state index contributed by atoms with van der Waals surface area (Å²) in [5, 5.41) is 9.17. The summed E-state index contributed by atoms with van der Waals surface area (Å²) in [6, 6.07) is 6.22. The van der Waals surface area contributed by atoms with Crippen LogP contribution in [0.1, 0.15) is 25.3 Å². The molecular formula is C13H20FNO2. The fourth-order valence-corrected chi connectivity index (χ4v) is 1.64. The number of rotatable bonds is 7. The van der Waals surface area contributed by atoms with Gasteiger partial charge in [0.1, 0.15) is 5.82 Å². The Kier molecular flexibility index (Phi) is 6.11. The molecule has 17 heavy (non-hydrogen) atoms. The van der Waals surface area contributed by atoms with Crippen molar-refractivity contribution < 1.29 is 14.2 Å². The van der Waals surface area contributed by atoms with Crippen molar-refractivity contribution in [1.82, 2.24) is 0 Å². The van der Waals surface area contributed by atoms with Gasteiger partial charge in [0.05, 0.1) is 19.3 Å². The van der Waals surface area contributed by atoms with E-state index >= 15 is 0 Å². The van der Waals surface area contributed by atoms with Crippen LogP contribution in [0.5, 0.6) is 0 Å². The molecule has 0 saturated heterocycles. The zero-order valence-electron chi connectivity index (χ0n) is 10.1. The van der Waals surface area contributed by atoms with Crippen LogP contribution in [-0.2, 0) is 11.3 Å². The van der Waals surface area contributed by atoms with Crippen LogP contribution in [-0.4, -0.2) is 23.9 Å². The van der Waals surface area contributed by atoms with Gasteiger partial charge in [-0.15, -0.1) is 0 Å². The van der Waals surface area contributed by atoms with E-state index in [4.69, 9.17) is 10.5 Å². The molecule has 1 aromatic rings. The van der Waals surface area contributed by atoms with Crippen molar-refractivity contribution in [1.29, 1.82) is 0 Å². The summed E-state index contributed by atoms with van der Waals surface area (Å²) < 4.78 is 18.8. The highest BCUT2D eigenvalue weighted by Crippen LogP contribution is 2.11. The minimum atomic E-state index is -0.436. The van der Waals surface area contributed by atoms with E-state index in [1.165, 1.54) is 6.07 Å². The molecule has 0 saturated carbocycles. The molecular weight excluding hydrogens is 221 g/mol. The van der Waals surface area contributed by atoms with Crippen molar-refractivity contribution in [3.05, 3.63) is 35.6 Å². The first-order chi connectivity index (χ1) is 8.19. The van der Waals surface area contributed by atoms with E-state index in [0.717, 1.165) is 12.8 Å². The van der Waals surface area contributed by atoms with Gasteiger partial charge in [0.25, 0.3) is 0 Å². The van der Waals surface area contributed by atoms with Crippen LogP contribution in [0.4, 0.5) is 4.39 Å². The van der Waals surface area contributed by atoms with Crippen molar-refractivity contribution in [2.24, 2.45) is 5.73 Å². The fraction of sp³-hybridized carbons (Fsp3) is 0.538. The van der Waals surface area contributed by atoms with Gasteiger partial charge in [-0.05, 0) is 12.5 Å². The second-order valence-corrected chi connectivity index (χ2v) is 4.08. The minimum Gasteiger partial charge on any atom is -0.394 e. The molecule has 0 aliphatic carbocycles. The van der Waals surface area contributed by atoms with Crippen LogP contribution in [0.3, 0.4) is 0 Å². The first-order valence-electron chi connectivity index (χ1n) is 5.90. The van der Waals surface area contributed by atoms with Gasteiger partial charge in [-0.1, -0.05) is 31.5 Å². The lowest BCUT2D eigenvalue weighted by molar-refractivity contribution is -0.0148. The van der Waals surface area contributed by atoms with E-state index in [-0.39, 0.29) is 25.1 Å². The molecule has 0 fully saturated rings. The first-order valence-corrected chi connectivity index (χ1v) is 5.90. The number of hydrogen-bond donors (Lipinski definition) is 2. The number of aliphatic hydroxyl groups is 1. The predicted octanol–water partition coefficient (Wildman–Crippen LogP) is 1.83. The van der Waals surface area contributed by atoms with Crippen molar-refractivity contribution in [3.8, 4) is 0 Å². The van der Waals surface area contributed by atoms with Gasteiger partial charge in [-0.25, -0.2) is 4.39 Å². The van der Waals surface area contributed by atoms with Crippen LogP contribution in [0.2, 0.25) is 0 Å². The summed E-state index contributed by atoms with van der Waals surface area (Å²) >= 11 is 0. The fourth-order valence-electron chi connectivity index (χ4n) is 1.64. The highest BCUT2D eigenvalue weighted by molar-refractivity contribution is 5.16. The maximum atomic E-state index is 13.3. The Labute approximate surface area is 101 Å². The Morgan fingerprint density at radius 3 is 2.71 bits per heavy atom. The molecule has 4 heteroatoms. The van der Waals surface area contributed by atoms with Crippen molar-refractivity contribution in [3.63, 3.8) is 0 Å². The summed E-state index contributed by atoms with van der Waals surface area (Å²) in [5.74, 6) is -0.298. The topological polar surface area (TPSA) is 55.5 Å². The lowest BCUT2D eigenvalue weighted by atomic mass is 10.1. The maximum Gasteiger partial charge on any atom is 0.128 e. The summed E-state index contributed by atoms with van der Waals surface area (Å²) in [7, 11) is 0. The maximum absolute atomic E-state index is 13.3. The Bertz CT molecular complexity index is 333. The molecule has 0 heterocycles. The number of benzene rings is 1. The molecule has 0 amide bonds. The first kappa shape index (κ1) is 14.1. The zero-order valence-corrected chi connectivity index (χ0v) is 10.1. The summed E-state index contributed by atoms with van der Waals surface area (Å²) in [6.45, 7) is 2.01. The highest BCUT2D eigenvalue weighted by atomic mass is 19.1. The van der Waals surface area contributed by atoms with E-state index in [1.807, 2.05) is 6.92 Å². The Morgan fingerprint density at radius 2 is 2.12 bits per heavy atom. The van der Waals surface area contributed by atoms with E-state index in [1.54, 1.807) is 18.2 Å². The van der Waals surface area contributed by atoms with E-state index in [9.17, 15) is 9.50 Å². The number of hydrogen-bond acceptors (Lipinski definition) is 3. The third-order valence-corrected chi connectivity index (χ3v) is 2.69. The van der Waals surface area contributed by atoms with Crippen LogP contribution in [0, 0.1) is 5.82 Å². The quantitative estimate of drug-likeness (QED) is 0.765. The van der Waals surface area contributed by atoms with Crippen molar-refractivity contribution in [2.45, 2.75) is 38.5 Å². The molecule has 0 radical (unpaired) electrons. The van der Waals surface area contributed by atoms with E-state index in [0.29, 0.717) is 5.56 Å². The van der Waals surface area contributed by atoms with Gasteiger partial charge >= 0.3 is 0 Å². The highest BCUT2D eigenvalue weighted by Gasteiger charge is 2.17. The SMILES string of the molecule is CCCC(N)C(CO)OCc1ccccc1F. The lowest BCUT2D eigenvalue weighted by Crippen LogP contribution is -2.39. The smallest absolute Gasteiger partial charge is 0.128 e. The van der Waals surface area contributed by atoms with Gasteiger partial charge < -0.3 is 15.6 Å². The largest absolute Gasteiger partial charge is 0.394 e. The minimum absolute atomic E-state index is 0.134. The monoisotopic (exact) mass is 241 g/mol. The number of nitrogens with two attached hydrogens (primary N) is 1. The number of aliphatic hydroxyl groups excluding tert-OH is 1.